The van der Waals surface area contributed by atoms with Crippen LogP contribution in [-0.4, -0.2) is 22.9 Å². The molecule has 7 nitrogen and oxygen atoms in total. The second-order valence-electron chi connectivity index (χ2n) is 6.63. The Morgan fingerprint density at radius 1 is 1.04 bits per heavy atom. The highest BCUT2D eigenvalue weighted by Gasteiger charge is 2.34. The van der Waals surface area contributed by atoms with Crippen LogP contribution in [0.2, 0.25) is 0 Å². The minimum absolute atomic E-state index is 0.152. The number of aryl methyl sites for hydroxylation is 1. The van der Waals surface area contributed by atoms with Crippen LogP contribution in [-0.2, 0) is 11.8 Å². The molecule has 2 aromatic carbocycles. The molecule has 2 heterocycles. The maximum Gasteiger partial charge on any atom is 0.271 e. The van der Waals surface area contributed by atoms with Crippen LogP contribution >= 0.6 is 0 Å². The maximum absolute atomic E-state index is 12.6. The minimum atomic E-state index is -0.338. The Morgan fingerprint density at radius 2 is 1.78 bits per heavy atom. The summed E-state index contributed by atoms with van der Waals surface area (Å²) < 4.78 is 1.89. The van der Waals surface area contributed by atoms with Gasteiger partial charge in [-0.15, -0.1) is 0 Å². The summed E-state index contributed by atoms with van der Waals surface area (Å²) in [4.78, 5) is 25.2. The summed E-state index contributed by atoms with van der Waals surface area (Å²) >= 11 is 0. The smallest absolute Gasteiger partial charge is 0.271 e. The van der Waals surface area contributed by atoms with Crippen molar-refractivity contribution in [3.8, 4) is 0 Å². The first-order valence-corrected chi connectivity index (χ1v) is 8.83. The van der Waals surface area contributed by atoms with E-state index in [1.807, 2.05) is 66.2 Å². The molecule has 1 aliphatic heterocycles. The highest BCUT2D eigenvalue weighted by molar-refractivity contribution is 6.07. The molecule has 138 valence electrons. The van der Waals surface area contributed by atoms with Crippen LogP contribution in [0.3, 0.4) is 0 Å². The number of amides is 2. The second kappa shape index (κ2) is 7.22. The summed E-state index contributed by atoms with van der Waals surface area (Å²) in [6.45, 7) is 0.482. The third-order valence-electron chi connectivity index (χ3n) is 4.92. The molecule has 27 heavy (non-hydrogen) atoms. The number of fused-ring (bicyclic) bond motifs is 1. The van der Waals surface area contributed by atoms with Gasteiger partial charge in [0.25, 0.3) is 5.91 Å². The lowest BCUT2D eigenvalue weighted by molar-refractivity contribution is -0.125. The van der Waals surface area contributed by atoms with Crippen LogP contribution in [0.5, 0.6) is 0 Å². The van der Waals surface area contributed by atoms with Gasteiger partial charge in [0.05, 0.1) is 17.5 Å². The fourth-order valence-corrected chi connectivity index (χ4v) is 3.52. The van der Waals surface area contributed by atoms with E-state index in [2.05, 4.69) is 21.7 Å². The molecule has 1 fully saturated rings. The molecule has 3 aromatic rings. The van der Waals surface area contributed by atoms with Crippen molar-refractivity contribution in [1.82, 2.24) is 26.3 Å². The molecule has 4 N–H and O–H groups in total. The lowest BCUT2D eigenvalue weighted by atomic mass is 9.94. The highest BCUT2D eigenvalue weighted by atomic mass is 16.2. The number of hydrogen-bond donors (Lipinski definition) is 4. The zero-order valence-electron chi connectivity index (χ0n) is 14.9. The van der Waals surface area contributed by atoms with E-state index in [-0.39, 0.29) is 23.8 Å². The van der Waals surface area contributed by atoms with Gasteiger partial charge in [-0.25, -0.2) is 5.43 Å². The molecule has 2 unspecified atom stereocenters. The van der Waals surface area contributed by atoms with E-state index in [1.165, 1.54) is 0 Å². The molecular weight excluding hydrogens is 342 g/mol. The summed E-state index contributed by atoms with van der Waals surface area (Å²) in [6, 6.07) is 17.3. The molecule has 2 atom stereocenters. The van der Waals surface area contributed by atoms with Crippen molar-refractivity contribution >= 4 is 22.7 Å². The third-order valence-corrected chi connectivity index (χ3v) is 4.92. The molecule has 4 rings (SSSR count). The Labute approximate surface area is 156 Å². The lowest BCUT2D eigenvalue weighted by Gasteiger charge is -2.18. The summed E-state index contributed by atoms with van der Waals surface area (Å²) in [5.74, 6) is -0.912. The van der Waals surface area contributed by atoms with Crippen molar-refractivity contribution in [1.29, 1.82) is 0 Å². The van der Waals surface area contributed by atoms with Crippen LogP contribution in [0.25, 0.3) is 10.9 Å². The zero-order chi connectivity index (χ0) is 18.8. The van der Waals surface area contributed by atoms with Crippen molar-refractivity contribution in [2.45, 2.75) is 6.04 Å². The molecule has 1 aliphatic rings. The average Bonchev–Trinajstić information content (AvgIpc) is 3.32. The number of aromatic nitrogens is 1. The van der Waals surface area contributed by atoms with Gasteiger partial charge in [-0.1, -0.05) is 48.5 Å². The fourth-order valence-electron chi connectivity index (χ4n) is 3.52. The van der Waals surface area contributed by atoms with E-state index in [4.69, 9.17) is 0 Å². The van der Waals surface area contributed by atoms with Gasteiger partial charge in [0.2, 0.25) is 5.91 Å². The monoisotopic (exact) mass is 363 g/mol. The van der Waals surface area contributed by atoms with Crippen LogP contribution in [0.4, 0.5) is 0 Å². The van der Waals surface area contributed by atoms with E-state index in [0.29, 0.717) is 12.1 Å². The third kappa shape index (κ3) is 3.30. The minimum Gasteiger partial charge on any atom is -0.350 e. The molecule has 0 radical (unpaired) electrons. The number of hydrogen-bond acceptors (Lipinski definition) is 4. The van der Waals surface area contributed by atoms with Gasteiger partial charge in [0, 0.05) is 30.7 Å². The number of hydrazine groups is 2. The first-order chi connectivity index (χ1) is 13.1. The zero-order valence-corrected chi connectivity index (χ0v) is 14.9. The Kier molecular flexibility index (Phi) is 4.62. The predicted octanol–water partition coefficient (Wildman–Crippen LogP) is 1.40. The topological polar surface area (TPSA) is 87.2 Å². The summed E-state index contributed by atoms with van der Waals surface area (Å²) in [7, 11) is 1.89. The van der Waals surface area contributed by atoms with E-state index in [1.54, 1.807) is 6.20 Å². The lowest BCUT2D eigenvalue weighted by Crippen LogP contribution is -2.46. The predicted molar refractivity (Wildman–Crippen MR) is 102 cm³/mol. The number of nitrogens with one attached hydrogen (secondary N) is 4. The molecular formula is C20H21N5O2. The van der Waals surface area contributed by atoms with E-state index in [9.17, 15) is 9.59 Å². The second-order valence-corrected chi connectivity index (χ2v) is 6.63. The molecule has 1 aromatic heterocycles. The molecule has 2 amide bonds. The van der Waals surface area contributed by atoms with Crippen LogP contribution in [0.1, 0.15) is 22.0 Å². The van der Waals surface area contributed by atoms with Gasteiger partial charge in [0.1, 0.15) is 0 Å². The molecule has 1 saturated heterocycles. The van der Waals surface area contributed by atoms with Crippen LogP contribution in [0, 0.1) is 5.92 Å². The first-order valence-electron chi connectivity index (χ1n) is 8.83. The fraction of sp³-hybridized carbons (Fsp3) is 0.200. The Bertz CT molecular complexity index is 982. The Balaban J connectivity index is 1.45. The Hall–Kier alpha value is -3.16. The van der Waals surface area contributed by atoms with Crippen molar-refractivity contribution < 1.29 is 9.59 Å². The SMILES string of the molecule is Cn1cc(C(=O)NNC(=O)C2CNNC2c2ccccc2)c2ccccc21. The average molecular weight is 363 g/mol. The van der Waals surface area contributed by atoms with Crippen LogP contribution < -0.4 is 21.7 Å². The summed E-state index contributed by atoms with van der Waals surface area (Å²) in [5.41, 5.74) is 13.8. The van der Waals surface area contributed by atoms with Gasteiger partial charge in [0.15, 0.2) is 0 Å². The van der Waals surface area contributed by atoms with Gasteiger partial charge < -0.3 is 4.57 Å². The van der Waals surface area contributed by atoms with E-state index < -0.39 is 0 Å². The van der Waals surface area contributed by atoms with Crippen molar-refractivity contribution in [3.05, 3.63) is 71.9 Å². The van der Waals surface area contributed by atoms with Gasteiger partial charge in [-0.2, -0.15) is 0 Å². The molecule has 0 spiro atoms. The first kappa shape index (κ1) is 17.3. The number of rotatable bonds is 3. The van der Waals surface area contributed by atoms with Crippen molar-refractivity contribution in [2.75, 3.05) is 6.54 Å². The van der Waals surface area contributed by atoms with Gasteiger partial charge in [-0.3, -0.25) is 25.9 Å². The van der Waals surface area contributed by atoms with Gasteiger partial charge >= 0.3 is 0 Å². The number of carbonyl (C=O) groups excluding carboxylic acids is 2. The number of carbonyl (C=O) groups is 2. The van der Waals surface area contributed by atoms with Crippen LogP contribution in [0.15, 0.2) is 60.8 Å². The van der Waals surface area contributed by atoms with E-state index >= 15 is 0 Å². The summed E-state index contributed by atoms with van der Waals surface area (Å²) in [6.07, 6.45) is 1.76. The standard InChI is InChI=1S/C20H21N5O2/c1-25-12-16(14-9-5-6-10-17(14)25)20(27)24-23-19(26)15-11-21-22-18(15)13-7-3-2-4-8-13/h2-10,12,15,18,21-22H,11H2,1H3,(H,23,26)(H,24,27). The number of nitrogens with zero attached hydrogens (tertiary/aromatic N) is 1. The maximum atomic E-state index is 12.6. The molecule has 7 heteroatoms. The summed E-state index contributed by atoms with van der Waals surface area (Å²) in [5, 5.41) is 0.845. The largest absolute Gasteiger partial charge is 0.350 e. The van der Waals surface area contributed by atoms with Crippen molar-refractivity contribution in [2.24, 2.45) is 13.0 Å². The number of benzene rings is 2. The molecule has 0 aliphatic carbocycles. The molecule has 0 bridgehead atoms. The quantitative estimate of drug-likeness (QED) is 0.530. The normalized spacial score (nSPS) is 19.1. The van der Waals surface area contributed by atoms with Crippen molar-refractivity contribution in [3.63, 3.8) is 0 Å². The highest BCUT2D eigenvalue weighted by Crippen LogP contribution is 2.24. The molecule has 0 saturated carbocycles. The van der Waals surface area contributed by atoms with Gasteiger partial charge in [-0.05, 0) is 11.6 Å². The Morgan fingerprint density at radius 3 is 2.59 bits per heavy atom. The number of para-hydroxylation sites is 1. The van der Waals surface area contributed by atoms with E-state index in [0.717, 1.165) is 16.5 Å².